The summed E-state index contributed by atoms with van der Waals surface area (Å²) in [5.41, 5.74) is 0.923. The molecular weight excluding hydrogens is 184 g/mol. The number of carboxylic acids is 1. The van der Waals surface area contributed by atoms with Crippen molar-refractivity contribution in [2.75, 3.05) is 0 Å². The van der Waals surface area contributed by atoms with Crippen LogP contribution in [0.15, 0.2) is 34.9 Å². The highest BCUT2D eigenvalue weighted by Gasteiger charge is 2.18. The quantitative estimate of drug-likeness (QED) is 0.757. The molecule has 0 radical (unpaired) electrons. The van der Waals surface area contributed by atoms with Gasteiger partial charge in [-0.15, -0.1) is 0 Å². The minimum absolute atomic E-state index is 0.351. The SMILES string of the molecule is O=C(O)C(O)c1cccc2occc12. The number of furan rings is 1. The summed E-state index contributed by atoms with van der Waals surface area (Å²) in [6.07, 6.45) is -0.0424. The minimum Gasteiger partial charge on any atom is -0.479 e. The summed E-state index contributed by atoms with van der Waals surface area (Å²) >= 11 is 0. The number of carboxylic acid groups (broad SMARTS) is 1. The van der Waals surface area contributed by atoms with Crippen LogP contribution in [0.25, 0.3) is 11.0 Å². The number of aliphatic hydroxyl groups is 1. The molecule has 1 atom stereocenters. The second kappa shape index (κ2) is 3.16. The second-order valence-electron chi connectivity index (χ2n) is 2.92. The van der Waals surface area contributed by atoms with Gasteiger partial charge in [0.25, 0.3) is 0 Å². The van der Waals surface area contributed by atoms with E-state index >= 15 is 0 Å². The van der Waals surface area contributed by atoms with Crippen molar-refractivity contribution in [3.05, 3.63) is 36.1 Å². The fraction of sp³-hybridized carbons (Fsp3) is 0.100. The Morgan fingerprint density at radius 3 is 2.86 bits per heavy atom. The molecule has 4 heteroatoms. The van der Waals surface area contributed by atoms with Crippen molar-refractivity contribution in [2.45, 2.75) is 6.10 Å². The van der Waals surface area contributed by atoms with E-state index < -0.39 is 12.1 Å². The van der Waals surface area contributed by atoms with Crippen LogP contribution in [-0.4, -0.2) is 16.2 Å². The van der Waals surface area contributed by atoms with Crippen LogP contribution in [0.1, 0.15) is 11.7 Å². The molecule has 0 aliphatic rings. The predicted molar refractivity (Wildman–Crippen MR) is 48.8 cm³/mol. The molecule has 72 valence electrons. The molecule has 1 aromatic heterocycles. The summed E-state index contributed by atoms with van der Waals surface area (Å²) in [4.78, 5) is 10.6. The van der Waals surface area contributed by atoms with Crippen LogP contribution in [0.4, 0.5) is 0 Å². The lowest BCUT2D eigenvalue weighted by Gasteiger charge is -2.05. The van der Waals surface area contributed by atoms with Crippen LogP contribution < -0.4 is 0 Å². The Hall–Kier alpha value is -1.81. The monoisotopic (exact) mass is 192 g/mol. The Labute approximate surface area is 79.4 Å². The molecule has 1 aromatic carbocycles. The zero-order chi connectivity index (χ0) is 10.1. The van der Waals surface area contributed by atoms with Crippen molar-refractivity contribution in [3.8, 4) is 0 Å². The first-order chi connectivity index (χ1) is 6.70. The molecule has 2 rings (SSSR count). The zero-order valence-electron chi connectivity index (χ0n) is 7.18. The summed E-state index contributed by atoms with van der Waals surface area (Å²) < 4.78 is 5.08. The van der Waals surface area contributed by atoms with E-state index in [1.807, 2.05) is 0 Å². The molecule has 0 saturated carbocycles. The van der Waals surface area contributed by atoms with E-state index in [1.165, 1.54) is 6.26 Å². The number of hydrogen-bond donors (Lipinski definition) is 2. The van der Waals surface area contributed by atoms with E-state index in [0.29, 0.717) is 16.5 Å². The molecule has 0 saturated heterocycles. The topological polar surface area (TPSA) is 70.7 Å². The molecular formula is C10H8O4. The van der Waals surface area contributed by atoms with Crippen molar-refractivity contribution in [1.29, 1.82) is 0 Å². The van der Waals surface area contributed by atoms with Crippen LogP contribution in [0.5, 0.6) is 0 Å². The van der Waals surface area contributed by atoms with E-state index in [9.17, 15) is 9.90 Å². The average Bonchev–Trinajstić information content (AvgIpc) is 2.63. The van der Waals surface area contributed by atoms with Crippen LogP contribution in [-0.2, 0) is 4.79 Å². The fourth-order valence-corrected chi connectivity index (χ4v) is 1.39. The lowest BCUT2D eigenvalue weighted by Crippen LogP contribution is -2.10. The second-order valence-corrected chi connectivity index (χ2v) is 2.92. The number of aliphatic hydroxyl groups excluding tert-OH is 1. The van der Waals surface area contributed by atoms with E-state index in [4.69, 9.17) is 9.52 Å². The van der Waals surface area contributed by atoms with Crippen LogP contribution in [0, 0.1) is 0 Å². The maximum Gasteiger partial charge on any atom is 0.337 e. The number of hydrogen-bond acceptors (Lipinski definition) is 3. The number of fused-ring (bicyclic) bond motifs is 1. The van der Waals surface area contributed by atoms with Gasteiger partial charge in [0, 0.05) is 10.9 Å². The number of benzene rings is 1. The van der Waals surface area contributed by atoms with Gasteiger partial charge in [-0.25, -0.2) is 4.79 Å². The molecule has 1 heterocycles. The first kappa shape index (κ1) is 8.77. The Kier molecular flexibility index (Phi) is 1.98. The minimum atomic E-state index is -1.50. The third-order valence-electron chi connectivity index (χ3n) is 2.06. The molecule has 0 aliphatic carbocycles. The van der Waals surface area contributed by atoms with Crippen molar-refractivity contribution >= 4 is 16.9 Å². The van der Waals surface area contributed by atoms with Crippen molar-refractivity contribution < 1.29 is 19.4 Å². The van der Waals surface area contributed by atoms with Crippen molar-refractivity contribution in [3.63, 3.8) is 0 Å². The highest BCUT2D eigenvalue weighted by molar-refractivity contribution is 5.86. The van der Waals surface area contributed by atoms with Gasteiger partial charge in [-0.2, -0.15) is 0 Å². The maximum atomic E-state index is 10.6. The van der Waals surface area contributed by atoms with Crippen LogP contribution in [0.2, 0.25) is 0 Å². The van der Waals surface area contributed by atoms with Crippen molar-refractivity contribution in [1.82, 2.24) is 0 Å². The first-order valence-electron chi connectivity index (χ1n) is 4.07. The van der Waals surface area contributed by atoms with Gasteiger partial charge < -0.3 is 14.6 Å². The van der Waals surface area contributed by atoms with Gasteiger partial charge in [0.1, 0.15) is 5.58 Å². The lowest BCUT2D eigenvalue weighted by molar-refractivity contribution is -0.146. The average molecular weight is 192 g/mol. The number of carbonyl (C=O) groups is 1. The number of aliphatic carboxylic acids is 1. The molecule has 2 aromatic rings. The Morgan fingerprint density at radius 1 is 1.36 bits per heavy atom. The molecule has 0 aliphatic heterocycles. The van der Waals surface area contributed by atoms with Crippen LogP contribution >= 0.6 is 0 Å². The molecule has 14 heavy (non-hydrogen) atoms. The molecule has 0 bridgehead atoms. The normalized spacial score (nSPS) is 12.9. The summed E-state index contributed by atoms with van der Waals surface area (Å²) in [5, 5.41) is 18.7. The molecule has 0 amide bonds. The fourth-order valence-electron chi connectivity index (χ4n) is 1.39. The third-order valence-corrected chi connectivity index (χ3v) is 2.06. The predicted octanol–water partition coefficient (Wildman–Crippen LogP) is 1.55. The number of rotatable bonds is 2. The van der Waals surface area contributed by atoms with Gasteiger partial charge in [0.2, 0.25) is 0 Å². The molecule has 0 fully saturated rings. The van der Waals surface area contributed by atoms with Gasteiger partial charge in [-0.05, 0) is 12.1 Å². The summed E-state index contributed by atoms with van der Waals surface area (Å²) in [6, 6.07) is 6.56. The van der Waals surface area contributed by atoms with Gasteiger partial charge in [-0.1, -0.05) is 12.1 Å². The smallest absolute Gasteiger partial charge is 0.337 e. The van der Waals surface area contributed by atoms with E-state index in [0.717, 1.165) is 0 Å². The van der Waals surface area contributed by atoms with Gasteiger partial charge in [0.15, 0.2) is 6.10 Å². The summed E-state index contributed by atoms with van der Waals surface area (Å²) in [7, 11) is 0. The lowest BCUT2D eigenvalue weighted by atomic mass is 10.1. The highest BCUT2D eigenvalue weighted by atomic mass is 16.4. The summed E-state index contributed by atoms with van der Waals surface area (Å²) in [5.74, 6) is -1.27. The Bertz CT molecular complexity index is 472. The standard InChI is InChI=1S/C10H8O4/c11-9(10(12)13)7-2-1-3-8-6(7)4-5-14-8/h1-5,9,11H,(H,12,13). The summed E-state index contributed by atoms with van der Waals surface area (Å²) in [6.45, 7) is 0. The Morgan fingerprint density at radius 2 is 2.14 bits per heavy atom. The van der Waals surface area contributed by atoms with E-state index in [-0.39, 0.29) is 0 Å². The molecule has 4 nitrogen and oxygen atoms in total. The molecule has 2 N–H and O–H groups in total. The molecule has 1 unspecified atom stereocenters. The largest absolute Gasteiger partial charge is 0.479 e. The molecule has 0 spiro atoms. The third kappa shape index (κ3) is 1.25. The van der Waals surface area contributed by atoms with Gasteiger partial charge in [-0.3, -0.25) is 0 Å². The van der Waals surface area contributed by atoms with Crippen molar-refractivity contribution in [2.24, 2.45) is 0 Å². The van der Waals surface area contributed by atoms with Gasteiger partial charge >= 0.3 is 5.97 Å². The van der Waals surface area contributed by atoms with E-state index in [1.54, 1.807) is 24.3 Å². The maximum absolute atomic E-state index is 10.6. The highest BCUT2D eigenvalue weighted by Crippen LogP contribution is 2.25. The van der Waals surface area contributed by atoms with E-state index in [2.05, 4.69) is 0 Å². The first-order valence-corrected chi connectivity index (χ1v) is 4.07. The Balaban J connectivity index is 2.61. The van der Waals surface area contributed by atoms with Crippen LogP contribution in [0.3, 0.4) is 0 Å². The van der Waals surface area contributed by atoms with Gasteiger partial charge in [0.05, 0.1) is 6.26 Å². The zero-order valence-corrected chi connectivity index (χ0v) is 7.18.